The molecule has 0 aliphatic carbocycles. The van der Waals surface area contributed by atoms with Crippen LogP contribution in [0.15, 0.2) is 54.6 Å². The largest absolute Gasteiger partial charge is 0.497 e. The van der Waals surface area contributed by atoms with Gasteiger partial charge in [-0.2, -0.15) is 0 Å². The van der Waals surface area contributed by atoms with Crippen LogP contribution in [0.3, 0.4) is 0 Å². The molecule has 0 aliphatic rings. The van der Waals surface area contributed by atoms with Crippen LogP contribution in [0.1, 0.15) is 22.0 Å². The third-order valence-corrected chi connectivity index (χ3v) is 3.05. The van der Waals surface area contributed by atoms with Crippen molar-refractivity contribution >= 4 is 11.9 Å². The second-order valence-electron chi connectivity index (χ2n) is 4.45. The topological polar surface area (TPSA) is 61.8 Å². The fraction of sp³-hybridized carbons (Fsp3) is 0.176. The van der Waals surface area contributed by atoms with Gasteiger partial charge in [-0.1, -0.05) is 36.4 Å². The third-order valence-electron chi connectivity index (χ3n) is 3.05. The second kappa shape index (κ2) is 7.26. The molecule has 0 radical (unpaired) electrons. The number of esters is 2. The quantitative estimate of drug-likeness (QED) is 0.795. The fourth-order valence-electron chi connectivity index (χ4n) is 1.91. The van der Waals surface area contributed by atoms with Crippen LogP contribution in [-0.4, -0.2) is 26.2 Å². The summed E-state index contributed by atoms with van der Waals surface area (Å²) < 4.78 is 15.1. The van der Waals surface area contributed by atoms with Gasteiger partial charge in [-0.3, -0.25) is 0 Å². The van der Waals surface area contributed by atoms with E-state index in [0.29, 0.717) is 16.9 Å². The lowest BCUT2D eigenvalue weighted by Gasteiger charge is -2.16. The molecule has 2 rings (SSSR count). The Kier molecular flexibility index (Phi) is 5.14. The molecule has 1 atom stereocenters. The maximum absolute atomic E-state index is 12.2. The van der Waals surface area contributed by atoms with Gasteiger partial charge in [0.1, 0.15) is 5.75 Å². The maximum Gasteiger partial charge on any atom is 0.351 e. The number of methoxy groups -OCH3 is 2. The van der Waals surface area contributed by atoms with E-state index in [4.69, 9.17) is 14.2 Å². The summed E-state index contributed by atoms with van der Waals surface area (Å²) in [5.41, 5.74) is 0.842. The van der Waals surface area contributed by atoms with Gasteiger partial charge in [0.25, 0.3) is 0 Å². The highest BCUT2D eigenvalue weighted by Gasteiger charge is 2.26. The minimum Gasteiger partial charge on any atom is -0.497 e. The summed E-state index contributed by atoms with van der Waals surface area (Å²) in [5, 5.41) is 0. The predicted molar refractivity (Wildman–Crippen MR) is 79.6 cm³/mol. The summed E-state index contributed by atoms with van der Waals surface area (Å²) in [6.45, 7) is 0. The Morgan fingerprint density at radius 3 is 2.32 bits per heavy atom. The molecular formula is C17H16O5. The zero-order chi connectivity index (χ0) is 15.9. The van der Waals surface area contributed by atoms with Crippen molar-refractivity contribution in [2.45, 2.75) is 6.10 Å². The molecule has 2 aromatic rings. The highest BCUT2D eigenvalue weighted by Crippen LogP contribution is 2.22. The molecule has 0 amide bonds. The molecule has 0 saturated heterocycles. The highest BCUT2D eigenvalue weighted by atomic mass is 16.6. The van der Waals surface area contributed by atoms with Gasteiger partial charge in [0.15, 0.2) is 0 Å². The van der Waals surface area contributed by atoms with Crippen molar-refractivity contribution in [1.29, 1.82) is 0 Å². The Balaban J connectivity index is 2.23. The van der Waals surface area contributed by atoms with E-state index in [2.05, 4.69) is 0 Å². The summed E-state index contributed by atoms with van der Waals surface area (Å²) in [4.78, 5) is 24.1. The smallest absolute Gasteiger partial charge is 0.351 e. The number of benzene rings is 2. The second-order valence-corrected chi connectivity index (χ2v) is 4.45. The first-order valence-corrected chi connectivity index (χ1v) is 6.63. The maximum atomic E-state index is 12.2. The van der Waals surface area contributed by atoms with Gasteiger partial charge in [-0.15, -0.1) is 0 Å². The molecule has 5 nitrogen and oxygen atoms in total. The van der Waals surface area contributed by atoms with Gasteiger partial charge in [-0.25, -0.2) is 9.59 Å². The first-order chi connectivity index (χ1) is 10.7. The van der Waals surface area contributed by atoms with Gasteiger partial charge in [-0.05, 0) is 18.2 Å². The number of carbonyl (C=O) groups excluding carboxylic acids is 2. The summed E-state index contributed by atoms with van der Waals surface area (Å²) in [6.07, 6.45) is -1.11. The number of hydrogen-bond donors (Lipinski definition) is 0. The third kappa shape index (κ3) is 3.63. The van der Waals surface area contributed by atoms with E-state index in [1.165, 1.54) is 14.2 Å². The van der Waals surface area contributed by atoms with Crippen LogP contribution >= 0.6 is 0 Å². The van der Waals surface area contributed by atoms with Crippen molar-refractivity contribution < 1.29 is 23.8 Å². The molecule has 114 valence electrons. The average molecular weight is 300 g/mol. The minimum absolute atomic E-state index is 0.296. The minimum atomic E-state index is -1.11. The molecule has 0 saturated carbocycles. The summed E-state index contributed by atoms with van der Waals surface area (Å²) in [6, 6.07) is 15.2. The molecule has 0 N–H and O–H groups in total. The molecule has 0 aromatic heterocycles. The molecule has 0 fully saturated rings. The lowest BCUT2D eigenvalue weighted by Crippen LogP contribution is -2.21. The molecule has 0 aliphatic heterocycles. The Morgan fingerprint density at radius 2 is 1.68 bits per heavy atom. The van der Waals surface area contributed by atoms with Gasteiger partial charge >= 0.3 is 11.9 Å². The van der Waals surface area contributed by atoms with Crippen molar-refractivity contribution in [3.05, 3.63) is 65.7 Å². The van der Waals surface area contributed by atoms with E-state index in [-0.39, 0.29) is 0 Å². The van der Waals surface area contributed by atoms with Crippen LogP contribution in [0.2, 0.25) is 0 Å². The Labute approximate surface area is 128 Å². The lowest BCUT2D eigenvalue weighted by molar-refractivity contribution is -0.151. The lowest BCUT2D eigenvalue weighted by atomic mass is 10.1. The molecule has 1 unspecified atom stereocenters. The number of hydrogen-bond acceptors (Lipinski definition) is 5. The van der Waals surface area contributed by atoms with E-state index >= 15 is 0 Å². The normalized spacial score (nSPS) is 11.4. The van der Waals surface area contributed by atoms with Crippen LogP contribution in [0.5, 0.6) is 5.75 Å². The van der Waals surface area contributed by atoms with Crippen LogP contribution < -0.4 is 4.74 Å². The van der Waals surface area contributed by atoms with Gasteiger partial charge in [0.2, 0.25) is 6.10 Å². The van der Waals surface area contributed by atoms with Crippen molar-refractivity contribution in [2.24, 2.45) is 0 Å². The Morgan fingerprint density at radius 1 is 0.955 bits per heavy atom. The van der Waals surface area contributed by atoms with Crippen LogP contribution in [0, 0.1) is 0 Å². The van der Waals surface area contributed by atoms with E-state index < -0.39 is 18.0 Å². The van der Waals surface area contributed by atoms with Crippen molar-refractivity contribution in [3.8, 4) is 5.75 Å². The molecule has 0 spiro atoms. The van der Waals surface area contributed by atoms with Crippen molar-refractivity contribution in [2.75, 3.05) is 14.2 Å². The van der Waals surface area contributed by atoms with Gasteiger partial charge < -0.3 is 14.2 Å². The summed E-state index contributed by atoms with van der Waals surface area (Å²) >= 11 is 0. The first-order valence-electron chi connectivity index (χ1n) is 6.63. The van der Waals surface area contributed by atoms with E-state index in [0.717, 1.165) is 0 Å². The highest BCUT2D eigenvalue weighted by molar-refractivity contribution is 5.92. The molecule has 0 bridgehead atoms. The molecule has 5 heteroatoms. The molecule has 22 heavy (non-hydrogen) atoms. The zero-order valence-electron chi connectivity index (χ0n) is 12.3. The summed E-state index contributed by atoms with van der Waals surface area (Å²) in [7, 11) is 2.75. The number of carbonyl (C=O) groups is 2. The van der Waals surface area contributed by atoms with E-state index in [1.807, 2.05) is 6.07 Å². The number of ether oxygens (including phenoxy) is 3. The van der Waals surface area contributed by atoms with Crippen LogP contribution in [0.25, 0.3) is 0 Å². The summed E-state index contributed by atoms with van der Waals surface area (Å²) in [5.74, 6) is -0.732. The average Bonchev–Trinajstić information content (AvgIpc) is 2.59. The standard InChI is InChI=1S/C17H16O5/c1-20-14-10-6-9-13(11-14)16(18)22-15(17(19)21-2)12-7-4-3-5-8-12/h3-11,15H,1-2H3. The van der Waals surface area contributed by atoms with Gasteiger partial charge in [0.05, 0.1) is 19.8 Å². The van der Waals surface area contributed by atoms with Gasteiger partial charge in [0, 0.05) is 5.56 Å². The SMILES string of the molecule is COC(=O)C(OC(=O)c1cccc(OC)c1)c1ccccc1. The Bertz CT molecular complexity index is 651. The molecule has 2 aromatic carbocycles. The van der Waals surface area contributed by atoms with E-state index in [9.17, 15) is 9.59 Å². The van der Waals surface area contributed by atoms with E-state index in [1.54, 1.807) is 48.5 Å². The monoisotopic (exact) mass is 300 g/mol. The fourth-order valence-corrected chi connectivity index (χ4v) is 1.91. The zero-order valence-corrected chi connectivity index (χ0v) is 12.3. The molecular weight excluding hydrogens is 284 g/mol. The molecule has 0 heterocycles. The number of rotatable bonds is 5. The first kappa shape index (κ1) is 15.6. The van der Waals surface area contributed by atoms with Crippen molar-refractivity contribution in [1.82, 2.24) is 0 Å². The predicted octanol–water partition coefficient (Wildman–Crippen LogP) is 2.77. The Hall–Kier alpha value is -2.82. The van der Waals surface area contributed by atoms with Crippen LogP contribution in [-0.2, 0) is 14.3 Å². The van der Waals surface area contributed by atoms with Crippen molar-refractivity contribution in [3.63, 3.8) is 0 Å². The van der Waals surface area contributed by atoms with Crippen LogP contribution in [0.4, 0.5) is 0 Å².